The molecule has 1 aliphatic carbocycles. The number of benzene rings is 1. The first-order chi connectivity index (χ1) is 9.97. The maximum atomic E-state index is 12.5. The van der Waals surface area contributed by atoms with Crippen LogP contribution in [0, 0.1) is 12.3 Å². The second-order valence-corrected chi connectivity index (χ2v) is 5.86. The minimum Gasteiger partial charge on any atom is -0.329 e. The summed E-state index contributed by atoms with van der Waals surface area (Å²) in [7, 11) is 0. The molecular weight excluding hydrogens is 266 g/mol. The van der Waals surface area contributed by atoms with Crippen LogP contribution in [0.2, 0.25) is 0 Å². The molecule has 0 spiro atoms. The molecule has 114 valence electrons. The average molecular weight is 289 g/mol. The number of amides is 2. The molecule has 5 heteroatoms. The normalized spacial score (nSPS) is 16.5. The Labute approximate surface area is 125 Å². The van der Waals surface area contributed by atoms with E-state index in [4.69, 9.17) is 5.73 Å². The van der Waals surface area contributed by atoms with Crippen molar-refractivity contribution in [1.29, 1.82) is 0 Å². The van der Waals surface area contributed by atoms with Crippen LogP contribution in [0.4, 0.5) is 11.4 Å². The average Bonchev–Trinajstić information content (AvgIpc) is 2.92. The number of carbonyl (C=O) groups is 2. The molecule has 21 heavy (non-hydrogen) atoms. The zero-order chi connectivity index (χ0) is 15.5. The van der Waals surface area contributed by atoms with Crippen LogP contribution in [-0.4, -0.2) is 18.4 Å². The Kier molecular flexibility index (Phi) is 4.63. The van der Waals surface area contributed by atoms with Gasteiger partial charge in [0.1, 0.15) is 0 Å². The van der Waals surface area contributed by atoms with E-state index < -0.39 is 5.41 Å². The fraction of sp³-hybridized carbons (Fsp3) is 0.500. The summed E-state index contributed by atoms with van der Waals surface area (Å²) < 4.78 is 0. The van der Waals surface area contributed by atoms with Gasteiger partial charge < -0.3 is 16.4 Å². The molecule has 0 saturated heterocycles. The van der Waals surface area contributed by atoms with Crippen LogP contribution in [-0.2, 0) is 9.59 Å². The SMILES string of the molecule is CC(=O)Nc1cc(NC(=O)C2(CN)CCCC2)ccc1C. The summed E-state index contributed by atoms with van der Waals surface area (Å²) in [5, 5.41) is 5.71. The van der Waals surface area contributed by atoms with Crippen LogP contribution in [0.3, 0.4) is 0 Å². The summed E-state index contributed by atoms with van der Waals surface area (Å²) in [5.41, 5.74) is 7.76. The maximum Gasteiger partial charge on any atom is 0.231 e. The fourth-order valence-corrected chi connectivity index (χ4v) is 2.86. The van der Waals surface area contributed by atoms with Crippen molar-refractivity contribution in [1.82, 2.24) is 0 Å². The van der Waals surface area contributed by atoms with Crippen LogP contribution in [0.1, 0.15) is 38.2 Å². The molecule has 1 aromatic rings. The van der Waals surface area contributed by atoms with Gasteiger partial charge in [0.25, 0.3) is 0 Å². The Morgan fingerprint density at radius 1 is 1.24 bits per heavy atom. The van der Waals surface area contributed by atoms with Crippen LogP contribution in [0.25, 0.3) is 0 Å². The molecule has 0 unspecified atom stereocenters. The Hall–Kier alpha value is -1.88. The molecule has 2 amide bonds. The van der Waals surface area contributed by atoms with Crippen molar-refractivity contribution in [2.75, 3.05) is 17.2 Å². The molecule has 0 bridgehead atoms. The Bertz CT molecular complexity index is 548. The zero-order valence-corrected chi connectivity index (χ0v) is 12.7. The van der Waals surface area contributed by atoms with Gasteiger partial charge in [-0.25, -0.2) is 0 Å². The predicted molar refractivity (Wildman–Crippen MR) is 84.1 cm³/mol. The molecule has 0 aliphatic heterocycles. The molecule has 1 saturated carbocycles. The van der Waals surface area contributed by atoms with Gasteiger partial charge >= 0.3 is 0 Å². The van der Waals surface area contributed by atoms with Gasteiger partial charge in [-0.15, -0.1) is 0 Å². The lowest BCUT2D eigenvalue weighted by atomic mass is 9.85. The van der Waals surface area contributed by atoms with Crippen molar-refractivity contribution in [3.63, 3.8) is 0 Å². The Balaban J connectivity index is 2.15. The second kappa shape index (κ2) is 6.26. The summed E-state index contributed by atoms with van der Waals surface area (Å²) in [6.07, 6.45) is 3.80. The molecule has 0 heterocycles. The number of nitrogens with one attached hydrogen (secondary N) is 2. The molecular formula is C16H23N3O2. The maximum absolute atomic E-state index is 12.5. The van der Waals surface area contributed by atoms with E-state index in [2.05, 4.69) is 10.6 Å². The molecule has 1 aromatic carbocycles. The van der Waals surface area contributed by atoms with Gasteiger partial charge in [0.2, 0.25) is 11.8 Å². The van der Waals surface area contributed by atoms with Gasteiger partial charge in [-0.1, -0.05) is 18.9 Å². The van der Waals surface area contributed by atoms with Crippen LogP contribution in [0.15, 0.2) is 18.2 Å². The van der Waals surface area contributed by atoms with E-state index in [1.165, 1.54) is 6.92 Å². The second-order valence-electron chi connectivity index (χ2n) is 5.86. The smallest absolute Gasteiger partial charge is 0.231 e. The first-order valence-corrected chi connectivity index (χ1v) is 7.37. The first-order valence-electron chi connectivity index (χ1n) is 7.37. The summed E-state index contributed by atoms with van der Waals surface area (Å²) in [6.45, 7) is 3.76. The lowest BCUT2D eigenvalue weighted by molar-refractivity contribution is -0.124. The van der Waals surface area contributed by atoms with E-state index in [1.54, 1.807) is 6.07 Å². The quantitative estimate of drug-likeness (QED) is 0.795. The first kappa shape index (κ1) is 15.5. The lowest BCUT2D eigenvalue weighted by Gasteiger charge is -2.26. The van der Waals surface area contributed by atoms with E-state index in [0.717, 1.165) is 31.2 Å². The van der Waals surface area contributed by atoms with Gasteiger partial charge in [0.15, 0.2) is 0 Å². The molecule has 0 aromatic heterocycles. The molecule has 2 rings (SSSR count). The summed E-state index contributed by atoms with van der Waals surface area (Å²) in [6, 6.07) is 5.51. The van der Waals surface area contributed by atoms with Crippen molar-refractivity contribution >= 4 is 23.2 Å². The monoisotopic (exact) mass is 289 g/mol. The Morgan fingerprint density at radius 2 is 1.90 bits per heavy atom. The number of carbonyl (C=O) groups excluding carboxylic acids is 2. The minimum absolute atomic E-state index is 0.0138. The van der Waals surface area contributed by atoms with Crippen LogP contribution in [0.5, 0.6) is 0 Å². The van der Waals surface area contributed by atoms with Gasteiger partial charge in [0, 0.05) is 24.8 Å². The van der Waals surface area contributed by atoms with Crippen LogP contribution >= 0.6 is 0 Å². The fourth-order valence-electron chi connectivity index (χ4n) is 2.86. The largest absolute Gasteiger partial charge is 0.329 e. The molecule has 0 radical (unpaired) electrons. The summed E-state index contributed by atoms with van der Waals surface area (Å²) >= 11 is 0. The van der Waals surface area contributed by atoms with E-state index in [-0.39, 0.29) is 11.8 Å². The number of nitrogens with two attached hydrogens (primary N) is 1. The molecule has 5 nitrogen and oxygen atoms in total. The predicted octanol–water partition coefficient (Wildman–Crippen LogP) is 2.41. The zero-order valence-electron chi connectivity index (χ0n) is 12.7. The van der Waals surface area contributed by atoms with E-state index in [9.17, 15) is 9.59 Å². The van der Waals surface area contributed by atoms with E-state index in [1.807, 2.05) is 19.1 Å². The molecule has 4 N–H and O–H groups in total. The highest BCUT2D eigenvalue weighted by molar-refractivity contribution is 5.97. The van der Waals surface area contributed by atoms with Gasteiger partial charge in [0.05, 0.1) is 5.41 Å². The third-order valence-corrected chi connectivity index (χ3v) is 4.24. The Morgan fingerprint density at radius 3 is 2.48 bits per heavy atom. The third kappa shape index (κ3) is 3.42. The number of anilines is 2. The molecule has 1 fully saturated rings. The number of hydrogen-bond donors (Lipinski definition) is 3. The highest BCUT2D eigenvalue weighted by Crippen LogP contribution is 2.38. The molecule has 1 aliphatic rings. The van der Waals surface area contributed by atoms with Crippen molar-refractivity contribution in [2.45, 2.75) is 39.5 Å². The van der Waals surface area contributed by atoms with E-state index in [0.29, 0.717) is 17.9 Å². The minimum atomic E-state index is -0.431. The standard InChI is InChI=1S/C16H23N3O2/c1-11-5-6-13(9-14(11)18-12(2)20)19-15(21)16(10-17)7-3-4-8-16/h5-6,9H,3-4,7-8,10,17H2,1-2H3,(H,18,20)(H,19,21). The van der Waals surface area contributed by atoms with Gasteiger partial charge in [-0.05, 0) is 37.5 Å². The summed E-state index contributed by atoms with van der Waals surface area (Å²) in [4.78, 5) is 23.7. The number of rotatable bonds is 4. The summed E-state index contributed by atoms with van der Waals surface area (Å²) in [5.74, 6) is -0.143. The van der Waals surface area contributed by atoms with Crippen molar-refractivity contribution in [3.05, 3.63) is 23.8 Å². The lowest BCUT2D eigenvalue weighted by Crippen LogP contribution is -2.40. The number of aryl methyl sites for hydroxylation is 1. The topological polar surface area (TPSA) is 84.2 Å². The van der Waals surface area contributed by atoms with Crippen LogP contribution < -0.4 is 16.4 Å². The number of hydrogen-bond acceptors (Lipinski definition) is 3. The third-order valence-electron chi connectivity index (χ3n) is 4.24. The highest BCUT2D eigenvalue weighted by atomic mass is 16.2. The van der Waals surface area contributed by atoms with Crippen molar-refractivity contribution < 1.29 is 9.59 Å². The van der Waals surface area contributed by atoms with Gasteiger partial charge in [-0.2, -0.15) is 0 Å². The van der Waals surface area contributed by atoms with Gasteiger partial charge in [-0.3, -0.25) is 9.59 Å². The highest BCUT2D eigenvalue weighted by Gasteiger charge is 2.39. The van der Waals surface area contributed by atoms with E-state index >= 15 is 0 Å². The molecule has 0 atom stereocenters. The van der Waals surface area contributed by atoms with Crippen molar-refractivity contribution in [3.8, 4) is 0 Å². The van der Waals surface area contributed by atoms with Crippen molar-refractivity contribution in [2.24, 2.45) is 11.1 Å².